The molecule has 0 saturated heterocycles. The van der Waals surface area contributed by atoms with E-state index in [9.17, 15) is 13.6 Å². The van der Waals surface area contributed by atoms with Gasteiger partial charge >= 0.3 is 0 Å². The van der Waals surface area contributed by atoms with Gasteiger partial charge in [-0.3, -0.25) is 4.79 Å². The standard InChI is InChI=1S/C21H21F2N5O/c1-3-28(4-2)16-8-5-14(6-9-16)25-21(29)19-11-12-20(27-26-19)24-15-7-10-17(22)18(23)13-15/h5-13H,3-4H2,1-2H3,(H,24,27)(H,25,29). The predicted molar refractivity (Wildman–Crippen MR) is 110 cm³/mol. The molecule has 0 aliphatic rings. The van der Waals surface area contributed by atoms with Gasteiger partial charge in [0, 0.05) is 36.2 Å². The molecule has 0 aliphatic heterocycles. The number of benzene rings is 2. The summed E-state index contributed by atoms with van der Waals surface area (Å²) in [5.41, 5.74) is 2.19. The van der Waals surface area contributed by atoms with E-state index in [1.54, 1.807) is 0 Å². The third-order valence-electron chi connectivity index (χ3n) is 4.34. The first-order valence-corrected chi connectivity index (χ1v) is 9.22. The van der Waals surface area contributed by atoms with E-state index < -0.39 is 17.5 Å². The zero-order chi connectivity index (χ0) is 20.8. The van der Waals surface area contributed by atoms with Gasteiger partial charge in [-0.15, -0.1) is 10.2 Å². The lowest BCUT2D eigenvalue weighted by Gasteiger charge is -2.21. The fourth-order valence-corrected chi connectivity index (χ4v) is 2.78. The van der Waals surface area contributed by atoms with Crippen molar-refractivity contribution >= 4 is 28.8 Å². The van der Waals surface area contributed by atoms with Gasteiger partial charge in [-0.05, 0) is 62.4 Å². The molecule has 150 valence electrons. The van der Waals surface area contributed by atoms with Crippen LogP contribution in [0.5, 0.6) is 0 Å². The number of nitrogens with one attached hydrogen (secondary N) is 2. The number of carbonyl (C=O) groups is 1. The van der Waals surface area contributed by atoms with Crippen molar-refractivity contribution in [3.8, 4) is 0 Å². The number of hydrogen-bond donors (Lipinski definition) is 2. The van der Waals surface area contributed by atoms with Crippen LogP contribution in [0, 0.1) is 11.6 Å². The summed E-state index contributed by atoms with van der Waals surface area (Å²) in [6, 6.07) is 14.0. The maximum Gasteiger partial charge on any atom is 0.276 e. The van der Waals surface area contributed by atoms with Crippen LogP contribution in [0.4, 0.5) is 31.7 Å². The number of aromatic nitrogens is 2. The maximum absolute atomic E-state index is 13.3. The Bertz CT molecular complexity index is 973. The van der Waals surface area contributed by atoms with Gasteiger partial charge in [0.2, 0.25) is 0 Å². The first-order valence-electron chi connectivity index (χ1n) is 9.22. The summed E-state index contributed by atoms with van der Waals surface area (Å²) in [5.74, 6) is -1.99. The molecule has 8 heteroatoms. The molecule has 3 aromatic rings. The zero-order valence-corrected chi connectivity index (χ0v) is 16.1. The van der Waals surface area contributed by atoms with Gasteiger partial charge in [0.25, 0.3) is 5.91 Å². The molecule has 0 atom stereocenters. The molecular weight excluding hydrogens is 376 g/mol. The highest BCUT2D eigenvalue weighted by molar-refractivity contribution is 6.02. The van der Waals surface area contributed by atoms with Crippen molar-refractivity contribution in [3.63, 3.8) is 0 Å². The highest BCUT2D eigenvalue weighted by Crippen LogP contribution is 2.19. The van der Waals surface area contributed by atoms with Gasteiger partial charge in [-0.2, -0.15) is 0 Å². The minimum absolute atomic E-state index is 0.133. The van der Waals surface area contributed by atoms with Crippen molar-refractivity contribution in [1.29, 1.82) is 0 Å². The molecule has 1 heterocycles. The van der Waals surface area contributed by atoms with Crippen molar-refractivity contribution in [2.45, 2.75) is 13.8 Å². The van der Waals surface area contributed by atoms with E-state index in [2.05, 4.69) is 39.6 Å². The average molecular weight is 397 g/mol. The maximum atomic E-state index is 13.3. The molecule has 0 unspecified atom stereocenters. The molecule has 2 aromatic carbocycles. The lowest BCUT2D eigenvalue weighted by molar-refractivity contribution is 0.102. The number of amides is 1. The predicted octanol–water partition coefficient (Wildman–Crippen LogP) is 4.60. The topological polar surface area (TPSA) is 70.2 Å². The summed E-state index contributed by atoms with van der Waals surface area (Å²) in [5, 5.41) is 13.4. The number of halogens is 2. The van der Waals surface area contributed by atoms with Crippen LogP contribution in [0.25, 0.3) is 0 Å². The van der Waals surface area contributed by atoms with Crippen molar-refractivity contribution < 1.29 is 13.6 Å². The summed E-state index contributed by atoms with van der Waals surface area (Å²) < 4.78 is 26.2. The lowest BCUT2D eigenvalue weighted by Crippen LogP contribution is -2.21. The number of carbonyl (C=O) groups excluding carboxylic acids is 1. The van der Waals surface area contributed by atoms with E-state index in [0.29, 0.717) is 17.2 Å². The fraction of sp³-hybridized carbons (Fsp3) is 0.190. The number of anilines is 4. The normalized spacial score (nSPS) is 10.5. The molecule has 3 rings (SSSR count). The largest absolute Gasteiger partial charge is 0.372 e. The molecule has 2 N–H and O–H groups in total. The van der Waals surface area contributed by atoms with Crippen molar-refractivity contribution in [2.75, 3.05) is 28.6 Å². The molecule has 0 saturated carbocycles. The van der Waals surface area contributed by atoms with Gasteiger partial charge < -0.3 is 15.5 Å². The van der Waals surface area contributed by atoms with E-state index in [1.807, 2.05) is 24.3 Å². The van der Waals surface area contributed by atoms with Crippen LogP contribution in [0.2, 0.25) is 0 Å². The van der Waals surface area contributed by atoms with Crippen LogP contribution in [0.1, 0.15) is 24.3 Å². The number of nitrogens with zero attached hydrogens (tertiary/aromatic N) is 3. The van der Waals surface area contributed by atoms with Crippen LogP contribution in [0.3, 0.4) is 0 Å². The second kappa shape index (κ2) is 9.09. The van der Waals surface area contributed by atoms with Gasteiger partial charge in [-0.1, -0.05) is 0 Å². The van der Waals surface area contributed by atoms with E-state index >= 15 is 0 Å². The minimum Gasteiger partial charge on any atom is -0.372 e. The van der Waals surface area contributed by atoms with E-state index in [0.717, 1.165) is 30.9 Å². The van der Waals surface area contributed by atoms with Crippen molar-refractivity contribution in [3.05, 3.63) is 71.9 Å². The van der Waals surface area contributed by atoms with Crippen LogP contribution in [-0.2, 0) is 0 Å². The molecule has 6 nitrogen and oxygen atoms in total. The molecule has 29 heavy (non-hydrogen) atoms. The monoisotopic (exact) mass is 397 g/mol. The van der Waals surface area contributed by atoms with Crippen LogP contribution >= 0.6 is 0 Å². The first kappa shape index (κ1) is 20.2. The molecular formula is C21H21F2N5O. The fourth-order valence-electron chi connectivity index (χ4n) is 2.78. The SMILES string of the molecule is CCN(CC)c1ccc(NC(=O)c2ccc(Nc3ccc(F)c(F)c3)nn2)cc1. The quantitative estimate of drug-likeness (QED) is 0.610. The lowest BCUT2D eigenvalue weighted by atomic mass is 10.2. The van der Waals surface area contributed by atoms with Gasteiger partial charge in [0.1, 0.15) is 0 Å². The summed E-state index contributed by atoms with van der Waals surface area (Å²) in [4.78, 5) is 14.6. The second-order valence-corrected chi connectivity index (χ2v) is 6.23. The van der Waals surface area contributed by atoms with Crippen LogP contribution < -0.4 is 15.5 Å². The van der Waals surface area contributed by atoms with E-state index in [4.69, 9.17) is 0 Å². The third kappa shape index (κ3) is 5.04. The Morgan fingerprint density at radius 3 is 2.17 bits per heavy atom. The van der Waals surface area contributed by atoms with Crippen LogP contribution in [0.15, 0.2) is 54.6 Å². The summed E-state index contributed by atoms with van der Waals surface area (Å²) in [6.45, 7) is 5.98. The molecule has 0 aliphatic carbocycles. The first-order chi connectivity index (χ1) is 14.0. The van der Waals surface area contributed by atoms with Crippen LogP contribution in [-0.4, -0.2) is 29.2 Å². The molecule has 0 radical (unpaired) electrons. The number of rotatable bonds is 7. The third-order valence-corrected chi connectivity index (χ3v) is 4.34. The van der Waals surface area contributed by atoms with Crippen molar-refractivity contribution in [2.24, 2.45) is 0 Å². The molecule has 0 fully saturated rings. The average Bonchev–Trinajstić information content (AvgIpc) is 2.73. The Morgan fingerprint density at radius 2 is 1.59 bits per heavy atom. The zero-order valence-electron chi connectivity index (χ0n) is 16.1. The highest BCUT2D eigenvalue weighted by Gasteiger charge is 2.10. The Balaban J connectivity index is 1.63. The van der Waals surface area contributed by atoms with E-state index in [-0.39, 0.29) is 5.69 Å². The smallest absolute Gasteiger partial charge is 0.276 e. The summed E-state index contributed by atoms with van der Waals surface area (Å²) >= 11 is 0. The van der Waals surface area contributed by atoms with E-state index in [1.165, 1.54) is 18.2 Å². The minimum atomic E-state index is -0.967. The van der Waals surface area contributed by atoms with Crippen molar-refractivity contribution in [1.82, 2.24) is 10.2 Å². The Morgan fingerprint density at radius 1 is 0.897 bits per heavy atom. The highest BCUT2D eigenvalue weighted by atomic mass is 19.2. The Kier molecular flexibility index (Phi) is 6.33. The van der Waals surface area contributed by atoms with Gasteiger partial charge in [0.05, 0.1) is 0 Å². The summed E-state index contributed by atoms with van der Waals surface area (Å²) in [6.07, 6.45) is 0. The molecule has 0 spiro atoms. The number of hydrogen-bond acceptors (Lipinski definition) is 5. The molecule has 0 bridgehead atoms. The molecule has 1 amide bonds. The Hall–Kier alpha value is -3.55. The Labute approximate surface area is 167 Å². The van der Waals surface area contributed by atoms with Gasteiger partial charge in [-0.25, -0.2) is 8.78 Å². The summed E-state index contributed by atoms with van der Waals surface area (Å²) in [7, 11) is 0. The second-order valence-electron chi connectivity index (χ2n) is 6.23. The van der Waals surface area contributed by atoms with Gasteiger partial charge in [0.15, 0.2) is 23.1 Å². The molecule has 1 aromatic heterocycles.